The highest BCUT2D eigenvalue weighted by molar-refractivity contribution is 5.09. The van der Waals surface area contributed by atoms with Gasteiger partial charge in [0.15, 0.2) is 0 Å². The van der Waals surface area contributed by atoms with Gasteiger partial charge < -0.3 is 14.3 Å². The molecule has 1 N–H and O–H groups in total. The van der Waals surface area contributed by atoms with Gasteiger partial charge >= 0.3 is 0 Å². The summed E-state index contributed by atoms with van der Waals surface area (Å²) >= 11 is 0. The lowest BCUT2D eigenvalue weighted by Crippen LogP contribution is -2.10. The molecule has 0 unspecified atom stereocenters. The van der Waals surface area contributed by atoms with Gasteiger partial charge in [-0.2, -0.15) is 0 Å². The molecule has 4 heteroatoms. The van der Waals surface area contributed by atoms with Crippen LogP contribution in [0.4, 0.5) is 0 Å². The number of hydrogen-bond acceptors (Lipinski definition) is 3. The first-order valence-corrected chi connectivity index (χ1v) is 6.50. The normalized spacial score (nSPS) is 11.3. The summed E-state index contributed by atoms with van der Waals surface area (Å²) in [6.07, 6.45) is 3.85. The number of imidazole rings is 1. The molecule has 0 radical (unpaired) electrons. The van der Waals surface area contributed by atoms with E-state index in [1.54, 1.807) is 0 Å². The Morgan fingerprint density at radius 3 is 2.83 bits per heavy atom. The van der Waals surface area contributed by atoms with Crippen molar-refractivity contribution in [1.29, 1.82) is 0 Å². The molecule has 0 bridgehead atoms. The molecule has 2 rings (SSSR count). The summed E-state index contributed by atoms with van der Waals surface area (Å²) in [7, 11) is 0. The van der Waals surface area contributed by atoms with Gasteiger partial charge in [-0.3, -0.25) is 0 Å². The van der Waals surface area contributed by atoms with E-state index in [1.807, 2.05) is 24.5 Å². The van der Waals surface area contributed by atoms with Gasteiger partial charge in [0, 0.05) is 18.3 Å². The van der Waals surface area contributed by atoms with Crippen molar-refractivity contribution in [3.8, 4) is 0 Å². The van der Waals surface area contributed by atoms with E-state index in [0.717, 1.165) is 37.0 Å². The Morgan fingerprint density at radius 2 is 2.11 bits per heavy atom. The largest absolute Gasteiger partial charge is 0.463 e. The third-order valence-corrected chi connectivity index (χ3v) is 2.86. The van der Waals surface area contributed by atoms with Crippen LogP contribution in [0.3, 0.4) is 0 Å². The van der Waals surface area contributed by atoms with E-state index < -0.39 is 0 Å². The number of furan rings is 1. The zero-order valence-electron chi connectivity index (χ0n) is 11.3. The maximum absolute atomic E-state index is 5.78. The number of hydrogen-bond donors (Lipinski definition) is 1. The Balaban J connectivity index is 2.04. The molecule has 0 atom stereocenters. The number of nitrogens with zero attached hydrogens (tertiary/aromatic N) is 2. The van der Waals surface area contributed by atoms with E-state index in [-0.39, 0.29) is 0 Å². The van der Waals surface area contributed by atoms with Crippen LogP contribution in [0.1, 0.15) is 44.0 Å². The summed E-state index contributed by atoms with van der Waals surface area (Å²) in [4.78, 5) is 4.38. The summed E-state index contributed by atoms with van der Waals surface area (Å²) in [5, 5.41) is 3.25. The van der Waals surface area contributed by atoms with Gasteiger partial charge in [0.25, 0.3) is 0 Å². The Hall–Kier alpha value is -1.55. The number of aromatic nitrogens is 2. The van der Waals surface area contributed by atoms with Crippen LogP contribution in [0.15, 0.2) is 28.9 Å². The number of rotatable bonds is 6. The third kappa shape index (κ3) is 3.01. The minimum atomic E-state index is 0.427. The van der Waals surface area contributed by atoms with Crippen molar-refractivity contribution in [3.05, 3.63) is 41.9 Å². The average Bonchev–Trinajstić information content (AvgIpc) is 2.96. The van der Waals surface area contributed by atoms with Gasteiger partial charge in [-0.15, -0.1) is 0 Å². The second-order valence-electron chi connectivity index (χ2n) is 4.72. The molecule has 2 aromatic rings. The van der Waals surface area contributed by atoms with Crippen LogP contribution < -0.4 is 5.32 Å². The zero-order chi connectivity index (χ0) is 13.0. The van der Waals surface area contributed by atoms with Crippen molar-refractivity contribution in [3.63, 3.8) is 0 Å². The molecule has 18 heavy (non-hydrogen) atoms. The summed E-state index contributed by atoms with van der Waals surface area (Å²) in [5.41, 5.74) is 0. The molecule has 0 aliphatic carbocycles. The van der Waals surface area contributed by atoms with E-state index in [1.165, 1.54) is 0 Å². The van der Waals surface area contributed by atoms with Crippen molar-refractivity contribution < 1.29 is 4.42 Å². The summed E-state index contributed by atoms with van der Waals surface area (Å²) in [6.45, 7) is 8.88. The molecule has 0 spiro atoms. The van der Waals surface area contributed by atoms with Gasteiger partial charge in [-0.05, 0) is 18.7 Å². The van der Waals surface area contributed by atoms with Gasteiger partial charge in [0.1, 0.15) is 17.3 Å². The Labute approximate surface area is 108 Å². The van der Waals surface area contributed by atoms with Crippen molar-refractivity contribution in [2.24, 2.45) is 0 Å². The molecule has 2 heterocycles. The fraction of sp³-hybridized carbons (Fsp3) is 0.500. The van der Waals surface area contributed by atoms with Gasteiger partial charge in [0.05, 0.1) is 13.1 Å². The lowest BCUT2D eigenvalue weighted by Gasteiger charge is -2.08. The summed E-state index contributed by atoms with van der Waals surface area (Å²) < 4.78 is 7.92. The number of nitrogens with one attached hydrogen (secondary N) is 1. The van der Waals surface area contributed by atoms with E-state index >= 15 is 0 Å². The van der Waals surface area contributed by atoms with Crippen LogP contribution in [0.5, 0.6) is 0 Å². The van der Waals surface area contributed by atoms with Crippen molar-refractivity contribution >= 4 is 0 Å². The van der Waals surface area contributed by atoms with E-state index in [0.29, 0.717) is 5.92 Å². The minimum Gasteiger partial charge on any atom is -0.463 e. The Kier molecular flexibility index (Phi) is 4.20. The quantitative estimate of drug-likeness (QED) is 0.853. The predicted molar refractivity (Wildman–Crippen MR) is 71.5 cm³/mol. The Bertz CT molecular complexity index is 485. The van der Waals surface area contributed by atoms with E-state index in [4.69, 9.17) is 4.42 Å². The SMILES string of the molecule is CCNCc1ccc(Cn2ccnc2C(C)C)o1. The molecule has 98 valence electrons. The molecule has 0 saturated heterocycles. The molecule has 0 aliphatic heterocycles. The Morgan fingerprint density at radius 1 is 1.33 bits per heavy atom. The molecule has 0 aromatic carbocycles. The van der Waals surface area contributed by atoms with Crippen molar-refractivity contribution in [2.45, 2.75) is 39.8 Å². The predicted octanol–water partition coefficient (Wildman–Crippen LogP) is 2.76. The van der Waals surface area contributed by atoms with Crippen LogP contribution in [0.2, 0.25) is 0 Å². The van der Waals surface area contributed by atoms with Gasteiger partial charge in [0.2, 0.25) is 0 Å². The standard InChI is InChI=1S/C14H21N3O/c1-4-15-9-12-5-6-13(18-12)10-17-8-7-16-14(17)11(2)3/h5-8,11,15H,4,9-10H2,1-3H3. The highest BCUT2D eigenvalue weighted by atomic mass is 16.3. The fourth-order valence-corrected chi connectivity index (χ4v) is 1.97. The zero-order valence-corrected chi connectivity index (χ0v) is 11.3. The molecular weight excluding hydrogens is 226 g/mol. The maximum Gasteiger partial charge on any atom is 0.123 e. The average molecular weight is 247 g/mol. The van der Waals surface area contributed by atoms with Crippen molar-refractivity contribution in [2.75, 3.05) is 6.54 Å². The molecule has 0 amide bonds. The molecule has 4 nitrogen and oxygen atoms in total. The molecule has 2 aromatic heterocycles. The molecular formula is C14H21N3O. The van der Waals surface area contributed by atoms with Crippen LogP contribution in [0, 0.1) is 0 Å². The van der Waals surface area contributed by atoms with Crippen LogP contribution in [-0.2, 0) is 13.1 Å². The fourth-order valence-electron chi connectivity index (χ4n) is 1.97. The molecule has 0 fully saturated rings. The molecule has 0 saturated carbocycles. The maximum atomic E-state index is 5.78. The summed E-state index contributed by atoms with van der Waals surface area (Å²) in [6, 6.07) is 4.07. The van der Waals surface area contributed by atoms with Gasteiger partial charge in [-0.1, -0.05) is 20.8 Å². The minimum absolute atomic E-state index is 0.427. The topological polar surface area (TPSA) is 43.0 Å². The lowest BCUT2D eigenvalue weighted by molar-refractivity contribution is 0.436. The first-order valence-electron chi connectivity index (χ1n) is 6.50. The highest BCUT2D eigenvalue weighted by Gasteiger charge is 2.09. The second-order valence-corrected chi connectivity index (χ2v) is 4.72. The van der Waals surface area contributed by atoms with Crippen LogP contribution >= 0.6 is 0 Å². The van der Waals surface area contributed by atoms with Crippen LogP contribution in [0.25, 0.3) is 0 Å². The monoisotopic (exact) mass is 247 g/mol. The first kappa shape index (κ1) is 12.9. The second kappa shape index (κ2) is 5.87. The smallest absolute Gasteiger partial charge is 0.123 e. The van der Waals surface area contributed by atoms with Crippen molar-refractivity contribution in [1.82, 2.24) is 14.9 Å². The van der Waals surface area contributed by atoms with Gasteiger partial charge in [-0.25, -0.2) is 4.98 Å². The van der Waals surface area contributed by atoms with E-state index in [2.05, 4.69) is 35.6 Å². The van der Waals surface area contributed by atoms with E-state index in [9.17, 15) is 0 Å². The third-order valence-electron chi connectivity index (χ3n) is 2.86. The van der Waals surface area contributed by atoms with Crippen LogP contribution in [-0.4, -0.2) is 16.1 Å². The molecule has 0 aliphatic rings. The highest BCUT2D eigenvalue weighted by Crippen LogP contribution is 2.15. The first-order chi connectivity index (χ1) is 8.70. The summed E-state index contributed by atoms with van der Waals surface area (Å²) in [5.74, 6) is 3.48. The lowest BCUT2D eigenvalue weighted by atomic mass is 10.2.